The van der Waals surface area contributed by atoms with Crippen LogP contribution in [0.25, 0.3) is 0 Å². The van der Waals surface area contributed by atoms with Crippen molar-refractivity contribution < 1.29 is 18.0 Å². The van der Waals surface area contributed by atoms with Gasteiger partial charge in [-0.3, -0.25) is 13.9 Å². The molecule has 0 aliphatic carbocycles. The Kier molecular flexibility index (Phi) is 9.10. The smallest absolute Gasteiger partial charge is 0.264 e. The molecule has 3 aromatic rings. The number of nitrogens with zero attached hydrogens (tertiary/aromatic N) is 2. The largest absolute Gasteiger partial charge is 0.355 e. The number of hydrogen-bond acceptors (Lipinski definition) is 4. The van der Waals surface area contributed by atoms with E-state index in [0.29, 0.717) is 12.2 Å². The lowest BCUT2D eigenvalue weighted by Crippen LogP contribution is -2.51. The highest BCUT2D eigenvalue weighted by Gasteiger charge is 2.32. The van der Waals surface area contributed by atoms with Crippen LogP contribution in [0.4, 0.5) is 5.69 Å². The first kappa shape index (κ1) is 27.9. The summed E-state index contributed by atoms with van der Waals surface area (Å²) >= 11 is 0. The maximum absolute atomic E-state index is 13.9. The van der Waals surface area contributed by atoms with E-state index < -0.39 is 28.5 Å². The molecule has 1 atom stereocenters. The summed E-state index contributed by atoms with van der Waals surface area (Å²) < 4.78 is 28.8. The molecule has 0 aliphatic heterocycles. The van der Waals surface area contributed by atoms with Gasteiger partial charge in [-0.05, 0) is 81.1 Å². The molecule has 0 fully saturated rings. The predicted molar refractivity (Wildman–Crippen MR) is 147 cm³/mol. The molecule has 0 radical (unpaired) electrons. The van der Waals surface area contributed by atoms with Crippen molar-refractivity contribution in [2.75, 3.05) is 17.4 Å². The van der Waals surface area contributed by atoms with Crippen molar-refractivity contribution in [1.29, 1.82) is 0 Å². The molecule has 0 unspecified atom stereocenters. The minimum absolute atomic E-state index is 0.0872. The average molecular weight is 522 g/mol. The number of aryl methyl sites for hydroxylation is 3. The molecule has 0 aliphatic rings. The zero-order chi connectivity index (χ0) is 27.2. The summed E-state index contributed by atoms with van der Waals surface area (Å²) in [7, 11) is -4.07. The maximum atomic E-state index is 13.9. The summed E-state index contributed by atoms with van der Waals surface area (Å²) in [5.41, 5.74) is 4.02. The minimum atomic E-state index is -4.07. The minimum Gasteiger partial charge on any atom is -0.355 e. The van der Waals surface area contributed by atoms with Crippen LogP contribution in [-0.2, 0) is 26.2 Å². The Labute approximate surface area is 220 Å². The van der Waals surface area contributed by atoms with Crippen LogP contribution in [0.1, 0.15) is 36.1 Å². The molecule has 0 saturated heterocycles. The molecule has 2 amide bonds. The van der Waals surface area contributed by atoms with Gasteiger partial charge in [-0.1, -0.05) is 48.5 Å². The van der Waals surface area contributed by atoms with E-state index in [1.54, 1.807) is 37.3 Å². The summed E-state index contributed by atoms with van der Waals surface area (Å²) in [6.45, 7) is 9.33. The Balaban J connectivity index is 2.06. The van der Waals surface area contributed by atoms with Gasteiger partial charge in [0.05, 0.1) is 10.6 Å². The number of anilines is 1. The van der Waals surface area contributed by atoms with E-state index in [1.807, 2.05) is 58.0 Å². The van der Waals surface area contributed by atoms with Gasteiger partial charge in [0.25, 0.3) is 10.0 Å². The zero-order valence-corrected chi connectivity index (χ0v) is 22.9. The van der Waals surface area contributed by atoms with Crippen molar-refractivity contribution in [3.05, 3.63) is 95.1 Å². The first-order valence-corrected chi connectivity index (χ1v) is 13.8. The molecule has 37 heavy (non-hydrogen) atoms. The number of carbonyl (C=O) groups excluding carboxylic acids is 2. The third kappa shape index (κ3) is 6.77. The Morgan fingerprint density at radius 1 is 0.892 bits per heavy atom. The average Bonchev–Trinajstić information content (AvgIpc) is 2.86. The highest BCUT2D eigenvalue weighted by atomic mass is 32.2. The van der Waals surface area contributed by atoms with Gasteiger partial charge in [-0.15, -0.1) is 0 Å². The van der Waals surface area contributed by atoms with Crippen molar-refractivity contribution in [2.24, 2.45) is 0 Å². The fraction of sp³-hybridized carbons (Fsp3) is 0.310. The molecule has 1 N–H and O–H groups in total. The molecule has 8 heteroatoms. The molecular weight excluding hydrogens is 486 g/mol. The molecule has 3 rings (SSSR count). The fourth-order valence-corrected chi connectivity index (χ4v) is 5.64. The van der Waals surface area contributed by atoms with Crippen LogP contribution in [0.3, 0.4) is 0 Å². The van der Waals surface area contributed by atoms with Crippen molar-refractivity contribution in [2.45, 2.75) is 52.1 Å². The lowest BCUT2D eigenvalue weighted by molar-refractivity contribution is -0.139. The SMILES string of the molecule is CCNC(=O)[C@H](C)N(Cc1ccccc1C)C(=O)CN(c1cc(C)cc(C)c1)S(=O)(=O)c1ccccc1. The van der Waals surface area contributed by atoms with Gasteiger partial charge in [0, 0.05) is 13.1 Å². The number of rotatable bonds is 10. The van der Waals surface area contributed by atoms with Crippen molar-refractivity contribution in [1.82, 2.24) is 10.2 Å². The number of benzene rings is 3. The Morgan fingerprint density at radius 3 is 2.08 bits per heavy atom. The van der Waals surface area contributed by atoms with Gasteiger partial charge in [0.1, 0.15) is 12.6 Å². The molecule has 3 aromatic carbocycles. The van der Waals surface area contributed by atoms with E-state index in [1.165, 1.54) is 17.0 Å². The van der Waals surface area contributed by atoms with Crippen LogP contribution < -0.4 is 9.62 Å². The van der Waals surface area contributed by atoms with Crippen LogP contribution in [-0.4, -0.2) is 44.3 Å². The molecule has 0 heterocycles. The van der Waals surface area contributed by atoms with Crippen LogP contribution in [0.15, 0.2) is 77.7 Å². The zero-order valence-electron chi connectivity index (χ0n) is 22.1. The topological polar surface area (TPSA) is 86.8 Å². The standard InChI is InChI=1S/C29H35N3O4S/c1-6-30-29(34)24(5)31(19-25-13-11-10-12-23(25)4)28(33)20-32(26-17-21(2)16-22(3)18-26)37(35,36)27-14-8-7-9-15-27/h7-18,24H,6,19-20H2,1-5H3,(H,30,34)/t24-/m0/s1. The van der Waals surface area contributed by atoms with E-state index in [-0.39, 0.29) is 17.3 Å². The molecule has 0 spiro atoms. The van der Waals surface area contributed by atoms with Gasteiger partial charge in [-0.2, -0.15) is 0 Å². The summed E-state index contributed by atoms with van der Waals surface area (Å²) in [5, 5.41) is 2.77. The summed E-state index contributed by atoms with van der Waals surface area (Å²) in [5.74, 6) is -0.769. The molecular formula is C29H35N3O4S. The highest BCUT2D eigenvalue weighted by molar-refractivity contribution is 7.92. The lowest BCUT2D eigenvalue weighted by atomic mass is 10.1. The van der Waals surface area contributed by atoms with Gasteiger partial charge in [0.2, 0.25) is 11.8 Å². The first-order valence-electron chi connectivity index (χ1n) is 12.3. The first-order chi connectivity index (χ1) is 17.5. The van der Waals surface area contributed by atoms with Gasteiger partial charge < -0.3 is 10.2 Å². The lowest BCUT2D eigenvalue weighted by Gasteiger charge is -2.32. The second-order valence-corrected chi connectivity index (χ2v) is 11.1. The van der Waals surface area contributed by atoms with E-state index in [2.05, 4.69) is 5.32 Å². The van der Waals surface area contributed by atoms with Crippen molar-refractivity contribution in [3.63, 3.8) is 0 Å². The van der Waals surface area contributed by atoms with E-state index in [0.717, 1.165) is 26.6 Å². The second-order valence-electron chi connectivity index (χ2n) is 9.19. The van der Waals surface area contributed by atoms with E-state index >= 15 is 0 Å². The number of carbonyl (C=O) groups is 2. The van der Waals surface area contributed by atoms with Crippen LogP contribution in [0.5, 0.6) is 0 Å². The van der Waals surface area contributed by atoms with Crippen LogP contribution >= 0.6 is 0 Å². The number of amides is 2. The normalized spacial score (nSPS) is 12.0. The van der Waals surface area contributed by atoms with Gasteiger partial charge in [-0.25, -0.2) is 8.42 Å². The third-order valence-corrected chi connectivity index (χ3v) is 8.01. The quantitative estimate of drug-likeness (QED) is 0.430. The Morgan fingerprint density at radius 2 is 1.49 bits per heavy atom. The summed E-state index contributed by atoms with van der Waals surface area (Å²) in [4.78, 5) is 28.2. The van der Waals surface area contributed by atoms with Gasteiger partial charge in [0.15, 0.2) is 0 Å². The van der Waals surface area contributed by atoms with E-state index in [9.17, 15) is 18.0 Å². The molecule has 196 valence electrons. The summed E-state index contributed by atoms with van der Waals surface area (Å²) in [6.07, 6.45) is 0. The Bertz CT molecular complexity index is 1340. The third-order valence-electron chi connectivity index (χ3n) is 6.22. The Hall–Kier alpha value is -3.65. The second kappa shape index (κ2) is 12.1. The molecule has 0 bridgehead atoms. The van der Waals surface area contributed by atoms with E-state index in [4.69, 9.17) is 0 Å². The molecule has 7 nitrogen and oxygen atoms in total. The number of nitrogens with one attached hydrogen (secondary N) is 1. The number of hydrogen-bond donors (Lipinski definition) is 1. The fourth-order valence-electron chi connectivity index (χ4n) is 4.22. The molecule has 0 aromatic heterocycles. The summed E-state index contributed by atoms with van der Waals surface area (Å²) in [6, 6.07) is 20.3. The van der Waals surface area contributed by atoms with Crippen LogP contribution in [0.2, 0.25) is 0 Å². The number of sulfonamides is 1. The van der Waals surface area contributed by atoms with Gasteiger partial charge >= 0.3 is 0 Å². The predicted octanol–water partition coefficient (Wildman–Crippen LogP) is 4.36. The highest BCUT2D eigenvalue weighted by Crippen LogP contribution is 2.26. The molecule has 0 saturated carbocycles. The maximum Gasteiger partial charge on any atom is 0.264 e. The van der Waals surface area contributed by atoms with Crippen LogP contribution in [0, 0.1) is 20.8 Å². The van der Waals surface area contributed by atoms with Crippen molar-refractivity contribution in [3.8, 4) is 0 Å². The van der Waals surface area contributed by atoms with Crippen molar-refractivity contribution >= 4 is 27.5 Å². The number of likely N-dealkylation sites (N-methyl/N-ethyl adjacent to an activating group) is 1. The monoisotopic (exact) mass is 521 g/mol.